The summed E-state index contributed by atoms with van der Waals surface area (Å²) in [5.74, 6) is 0.703. The molecule has 1 saturated heterocycles. The summed E-state index contributed by atoms with van der Waals surface area (Å²) >= 11 is 5.78. The number of likely N-dealkylation sites (tertiary alicyclic amines) is 1. The Kier molecular flexibility index (Phi) is 4.13. The molecule has 4 heteroatoms. The largest absolute Gasteiger partial charge is 0.306 e. The number of Topliss-reactive ketones (excluding diaryl/α,β-unsaturated/α-hetero) is 1. The maximum absolute atomic E-state index is 12.0. The SMILES string of the molecule is CN1CCC(CC(=O)c2ccnc(Cl)c2)CC1. The Balaban J connectivity index is 1.93. The van der Waals surface area contributed by atoms with E-state index in [1.165, 1.54) is 0 Å². The molecule has 3 nitrogen and oxygen atoms in total. The highest BCUT2D eigenvalue weighted by Crippen LogP contribution is 2.22. The normalized spacial score (nSPS) is 18.2. The quantitative estimate of drug-likeness (QED) is 0.613. The average Bonchev–Trinajstić information content (AvgIpc) is 2.32. The molecule has 0 radical (unpaired) electrons. The van der Waals surface area contributed by atoms with Crippen molar-refractivity contribution in [3.63, 3.8) is 0 Å². The predicted octanol–water partition coefficient (Wildman–Crippen LogP) is 2.65. The molecule has 0 N–H and O–H groups in total. The fourth-order valence-corrected chi connectivity index (χ4v) is 2.40. The van der Waals surface area contributed by atoms with E-state index >= 15 is 0 Å². The third kappa shape index (κ3) is 3.51. The van der Waals surface area contributed by atoms with Crippen LogP contribution < -0.4 is 0 Å². The zero-order valence-corrected chi connectivity index (χ0v) is 10.8. The number of carbonyl (C=O) groups excluding carboxylic acids is 1. The Morgan fingerprint density at radius 1 is 1.53 bits per heavy atom. The molecule has 2 rings (SSSR count). The number of hydrogen-bond acceptors (Lipinski definition) is 3. The van der Waals surface area contributed by atoms with Crippen molar-refractivity contribution in [3.05, 3.63) is 29.0 Å². The minimum atomic E-state index is 0.184. The highest BCUT2D eigenvalue weighted by Gasteiger charge is 2.20. The van der Waals surface area contributed by atoms with E-state index in [4.69, 9.17) is 11.6 Å². The number of carbonyl (C=O) groups is 1. The molecule has 0 spiro atoms. The molecule has 17 heavy (non-hydrogen) atoms. The van der Waals surface area contributed by atoms with Crippen molar-refractivity contribution in [1.82, 2.24) is 9.88 Å². The van der Waals surface area contributed by atoms with Gasteiger partial charge in [0.05, 0.1) is 0 Å². The predicted molar refractivity (Wildman–Crippen MR) is 68.4 cm³/mol. The molecule has 0 aliphatic carbocycles. The number of nitrogens with zero attached hydrogens (tertiary/aromatic N) is 2. The van der Waals surface area contributed by atoms with Crippen LogP contribution in [-0.2, 0) is 0 Å². The lowest BCUT2D eigenvalue weighted by molar-refractivity contribution is 0.0936. The number of pyridine rings is 1. The van der Waals surface area contributed by atoms with E-state index < -0.39 is 0 Å². The zero-order chi connectivity index (χ0) is 12.3. The first-order chi connectivity index (χ1) is 8.15. The van der Waals surface area contributed by atoms with Gasteiger partial charge in [0.25, 0.3) is 0 Å². The molecule has 0 bridgehead atoms. The molecule has 2 heterocycles. The second-order valence-electron chi connectivity index (χ2n) is 4.74. The standard InChI is InChI=1S/C13H17ClN2O/c1-16-6-3-10(4-7-16)8-12(17)11-2-5-15-13(14)9-11/h2,5,9-10H,3-4,6-8H2,1H3. The van der Waals surface area contributed by atoms with Crippen LogP contribution in [0.4, 0.5) is 0 Å². The number of ketones is 1. The van der Waals surface area contributed by atoms with E-state index in [9.17, 15) is 4.79 Å². The average molecular weight is 253 g/mol. The Hall–Kier alpha value is -0.930. The number of hydrogen-bond donors (Lipinski definition) is 0. The van der Waals surface area contributed by atoms with Gasteiger partial charge in [0.2, 0.25) is 0 Å². The van der Waals surface area contributed by atoms with E-state index in [2.05, 4.69) is 16.9 Å². The summed E-state index contributed by atoms with van der Waals surface area (Å²) in [5, 5.41) is 0.388. The van der Waals surface area contributed by atoms with Crippen LogP contribution >= 0.6 is 11.6 Å². The van der Waals surface area contributed by atoms with Gasteiger partial charge in [0, 0.05) is 18.2 Å². The van der Waals surface area contributed by atoms with Crippen LogP contribution in [0.3, 0.4) is 0 Å². The summed E-state index contributed by atoms with van der Waals surface area (Å²) in [5.41, 5.74) is 0.684. The molecule has 0 saturated carbocycles. The molecular weight excluding hydrogens is 236 g/mol. The molecule has 0 amide bonds. The van der Waals surface area contributed by atoms with Crippen molar-refractivity contribution in [1.29, 1.82) is 0 Å². The van der Waals surface area contributed by atoms with E-state index in [-0.39, 0.29) is 5.78 Å². The van der Waals surface area contributed by atoms with Gasteiger partial charge in [-0.2, -0.15) is 0 Å². The monoisotopic (exact) mass is 252 g/mol. The molecule has 1 aliphatic rings. The second-order valence-corrected chi connectivity index (χ2v) is 5.13. The highest BCUT2D eigenvalue weighted by atomic mass is 35.5. The molecular formula is C13H17ClN2O. The third-order valence-electron chi connectivity index (χ3n) is 3.36. The van der Waals surface area contributed by atoms with Crippen molar-refractivity contribution in [3.8, 4) is 0 Å². The first-order valence-electron chi connectivity index (χ1n) is 5.98. The van der Waals surface area contributed by atoms with Gasteiger partial charge >= 0.3 is 0 Å². The first-order valence-corrected chi connectivity index (χ1v) is 6.36. The summed E-state index contributed by atoms with van der Waals surface area (Å²) in [4.78, 5) is 18.2. The van der Waals surface area contributed by atoms with Crippen molar-refractivity contribution in [2.24, 2.45) is 5.92 Å². The summed E-state index contributed by atoms with van der Waals surface area (Å²) < 4.78 is 0. The van der Waals surface area contributed by atoms with E-state index in [0.717, 1.165) is 25.9 Å². The third-order valence-corrected chi connectivity index (χ3v) is 3.57. The summed E-state index contributed by atoms with van der Waals surface area (Å²) in [7, 11) is 2.13. The Labute approximate surface area is 107 Å². The van der Waals surface area contributed by atoms with Crippen molar-refractivity contribution < 1.29 is 4.79 Å². The van der Waals surface area contributed by atoms with Crippen LogP contribution in [0, 0.1) is 5.92 Å². The lowest BCUT2D eigenvalue weighted by Gasteiger charge is -2.28. The van der Waals surface area contributed by atoms with Gasteiger partial charge in [-0.1, -0.05) is 11.6 Å². The Bertz CT molecular complexity index is 400. The van der Waals surface area contributed by atoms with Gasteiger partial charge < -0.3 is 4.90 Å². The van der Waals surface area contributed by atoms with Gasteiger partial charge in [0.1, 0.15) is 5.15 Å². The lowest BCUT2D eigenvalue weighted by Crippen LogP contribution is -2.31. The van der Waals surface area contributed by atoms with Crippen LogP contribution in [0.2, 0.25) is 5.15 Å². The maximum Gasteiger partial charge on any atom is 0.163 e. The van der Waals surface area contributed by atoms with Crippen molar-refractivity contribution in [2.45, 2.75) is 19.3 Å². The molecule has 1 aliphatic heterocycles. The topological polar surface area (TPSA) is 33.2 Å². The van der Waals surface area contributed by atoms with Crippen LogP contribution in [-0.4, -0.2) is 35.8 Å². The smallest absolute Gasteiger partial charge is 0.163 e. The summed E-state index contributed by atoms with van der Waals surface area (Å²) in [6.07, 6.45) is 4.44. The minimum absolute atomic E-state index is 0.184. The first kappa shape index (κ1) is 12.5. The summed E-state index contributed by atoms with van der Waals surface area (Å²) in [6.45, 7) is 2.18. The lowest BCUT2D eigenvalue weighted by atomic mass is 9.90. The van der Waals surface area contributed by atoms with Crippen LogP contribution in [0.15, 0.2) is 18.3 Å². The minimum Gasteiger partial charge on any atom is -0.306 e. The summed E-state index contributed by atoms with van der Waals surface area (Å²) in [6, 6.07) is 3.39. The fourth-order valence-electron chi connectivity index (χ4n) is 2.22. The van der Waals surface area contributed by atoms with Crippen molar-refractivity contribution >= 4 is 17.4 Å². The van der Waals surface area contributed by atoms with Crippen LogP contribution in [0.25, 0.3) is 0 Å². The van der Waals surface area contributed by atoms with E-state index in [0.29, 0.717) is 23.1 Å². The van der Waals surface area contributed by atoms with Crippen LogP contribution in [0.1, 0.15) is 29.6 Å². The zero-order valence-electron chi connectivity index (χ0n) is 10.0. The van der Waals surface area contributed by atoms with Gasteiger partial charge in [-0.15, -0.1) is 0 Å². The number of rotatable bonds is 3. The Morgan fingerprint density at radius 3 is 2.88 bits per heavy atom. The van der Waals surface area contributed by atoms with E-state index in [1.54, 1.807) is 18.3 Å². The molecule has 1 aromatic heterocycles. The molecule has 1 fully saturated rings. The molecule has 0 atom stereocenters. The number of aromatic nitrogens is 1. The van der Waals surface area contributed by atoms with Gasteiger partial charge in [-0.05, 0) is 51.0 Å². The van der Waals surface area contributed by atoms with Gasteiger partial charge in [-0.3, -0.25) is 4.79 Å². The molecule has 0 aromatic carbocycles. The maximum atomic E-state index is 12.0. The number of halogens is 1. The second kappa shape index (κ2) is 5.61. The molecule has 0 unspecified atom stereocenters. The highest BCUT2D eigenvalue weighted by molar-refractivity contribution is 6.29. The van der Waals surface area contributed by atoms with Crippen LogP contribution in [0.5, 0.6) is 0 Å². The molecule has 92 valence electrons. The van der Waals surface area contributed by atoms with E-state index in [1.807, 2.05) is 0 Å². The van der Waals surface area contributed by atoms with Gasteiger partial charge in [-0.25, -0.2) is 4.98 Å². The van der Waals surface area contributed by atoms with Crippen molar-refractivity contribution in [2.75, 3.05) is 20.1 Å². The van der Waals surface area contributed by atoms with Gasteiger partial charge in [0.15, 0.2) is 5.78 Å². The fraction of sp³-hybridized carbons (Fsp3) is 0.538. The Morgan fingerprint density at radius 2 is 2.24 bits per heavy atom. The molecule has 1 aromatic rings. The number of piperidine rings is 1.